The molecule has 174 valence electrons. The maximum Gasteiger partial charge on any atom is 0.178 e. The van der Waals surface area contributed by atoms with E-state index in [0.717, 1.165) is 36.1 Å². The van der Waals surface area contributed by atoms with Gasteiger partial charge in [0.25, 0.3) is 0 Å². The summed E-state index contributed by atoms with van der Waals surface area (Å²) in [4.78, 5) is 19.4. The van der Waals surface area contributed by atoms with Gasteiger partial charge < -0.3 is 0 Å². The average molecular weight is 447 g/mol. The van der Waals surface area contributed by atoms with Gasteiger partial charge in [-0.15, -0.1) is 10.2 Å². The summed E-state index contributed by atoms with van der Waals surface area (Å²) in [5.41, 5.74) is 4.71. The molecule has 3 aromatic rings. The zero-order valence-corrected chi connectivity index (χ0v) is 19.7. The lowest BCUT2D eigenvalue weighted by Gasteiger charge is -2.26. The number of carbonyl (C=O) groups is 1. The molecule has 7 nitrogen and oxygen atoms in total. The van der Waals surface area contributed by atoms with E-state index >= 15 is 0 Å². The molecular formula is C26H34N6O. The first-order chi connectivity index (χ1) is 16.1. The lowest BCUT2D eigenvalue weighted by molar-refractivity contribution is -0.121. The molecule has 1 N–H and O–H groups in total. The van der Waals surface area contributed by atoms with Gasteiger partial charge in [0.1, 0.15) is 5.78 Å². The van der Waals surface area contributed by atoms with E-state index in [1.807, 2.05) is 12.4 Å². The van der Waals surface area contributed by atoms with Gasteiger partial charge in [0, 0.05) is 36.3 Å². The van der Waals surface area contributed by atoms with Crippen LogP contribution in [0.15, 0.2) is 42.7 Å². The van der Waals surface area contributed by atoms with E-state index in [2.05, 4.69) is 67.8 Å². The molecule has 2 atom stereocenters. The molecule has 0 amide bonds. The molecule has 1 aliphatic rings. The lowest BCUT2D eigenvalue weighted by atomic mass is 9.81. The minimum atomic E-state index is -0.108. The number of H-pyrrole nitrogens is 1. The molecule has 7 heteroatoms. The number of rotatable bonds is 10. The number of hydrogen-bond donors (Lipinski definition) is 1. The maximum atomic E-state index is 12.4. The van der Waals surface area contributed by atoms with Gasteiger partial charge in [-0.25, -0.2) is 0 Å². The summed E-state index contributed by atoms with van der Waals surface area (Å²) < 4.78 is 0. The second-order valence-electron chi connectivity index (χ2n) is 9.20. The maximum absolute atomic E-state index is 12.4. The fourth-order valence-corrected chi connectivity index (χ4v) is 4.93. The first kappa shape index (κ1) is 23.2. The molecule has 2 aromatic heterocycles. The topological polar surface area (TPSA) is 87.7 Å². The van der Waals surface area contributed by atoms with Gasteiger partial charge in [0.15, 0.2) is 5.82 Å². The van der Waals surface area contributed by atoms with Gasteiger partial charge in [0.05, 0.1) is 0 Å². The number of piperidine rings is 1. The number of Topliss-reactive ketones (excluding diaryl/α,β-unsaturated/α-hetero) is 1. The number of ketones is 1. The summed E-state index contributed by atoms with van der Waals surface area (Å²) in [7, 11) is 0. The number of nitrogens with zero attached hydrogens (tertiary/aromatic N) is 5. The van der Waals surface area contributed by atoms with E-state index < -0.39 is 0 Å². The Labute approximate surface area is 196 Å². The molecule has 0 saturated carbocycles. The van der Waals surface area contributed by atoms with Crippen LogP contribution in [0.4, 0.5) is 0 Å². The number of hydrogen-bond acceptors (Lipinski definition) is 6. The van der Waals surface area contributed by atoms with Crippen molar-refractivity contribution in [3.05, 3.63) is 59.7 Å². The molecular weight excluding hydrogens is 412 g/mol. The zero-order chi connectivity index (χ0) is 23.0. The van der Waals surface area contributed by atoms with Crippen LogP contribution < -0.4 is 0 Å². The highest BCUT2D eigenvalue weighted by Crippen LogP contribution is 2.31. The summed E-state index contributed by atoms with van der Waals surface area (Å²) in [6.07, 6.45) is 10.3. The van der Waals surface area contributed by atoms with Crippen LogP contribution in [0.25, 0.3) is 11.1 Å². The van der Waals surface area contributed by atoms with Gasteiger partial charge in [-0.2, -0.15) is 5.21 Å². The van der Waals surface area contributed by atoms with Crippen LogP contribution in [-0.2, 0) is 17.8 Å². The Hall–Kier alpha value is -2.93. The van der Waals surface area contributed by atoms with Gasteiger partial charge in [-0.05, 0) is 68.5 Å². The van der Waals surface area contributed by atoms with Crippen LogP contribution >= 0.6 is 0 Å². The number of benzene rings is 1. The van der Waals surface area contributed by atoms with E-state index in [9.17, 15) is 4.79 Å². The molecule has 1 saturated heterocycles. The average Bonchev–Trinajstić information content (AvgIpc) is 3.37. The fourth-order valence-electron chi connectivity index (χ4n) is 4.93. The minimum Gasteiger partial charge on any atom is -0.300 e. The second-order valence-corrected chi connectivity index (χ2v) is 9.20. The number of tetrazole rings is 1. The molecule has 0 radical (unpaired) electrons. The molecule has 0 unspecified atom stereocenters. The number of aromatic nitrogens is 5. The third-order valence-corrected chi connectivity index (χ3v) is 6.69. The van der Waals surface area contributed by atoms with Crippen molar-refractivity contribution in [2.45, 2.75) is 64.8 Å². The Bertz CT molecular complexity index is 1010. The summed E-state index contributed by atoms with van der Waals surface area (Å²) in [5.74, 6) is 0.603. The van der Waals surface area contributed by atoms with Crippen molar-refractivity contribution >= 4 is 5.78 Å². The smallest absolute Gasteiger partial charge is 0.178 e. The second kappa shape index (κ2) is 11.3. The van der Waals surface area contributed by atoms with Gasteiger partial charge in [-0.3, -0.25) is 14.7 Å². The zero-order valence-electron chi connectivity index (χ0n) is 19.7. The van der Waals surface area contributed by atoms with Crippen LogP contribution in [0.5, 0.6) is 0 Å². The normalized spacial score (nSPS) is 16.4. The number of likely N-dealkylation sites (tertiary alicyclic amines) is 1. The Balaban J connectivity index is 1.49. The highest BCUT2D eigenvalue weighted by molar-refractivity contribution is 5.79. The largest absolute Gasteiger partial charge is 0.300 e. The van der Waals surface area contributed by atoms with E-state index in [1.165, 1.54) is 37.9 Å². The predicted octanol–water partition coefficient (Wildman–Crippen LogP) is 4.58. The quantitative estimate of drug-likeness (QED) is 0.490. The van der Waals surface area contributed by atoms with E-state index in [1.54, 1.807) is 6.92 Å². The molecule has 0 spiro atoms. The summed E-state index contributed by atoms with van der Waals surface area (Å²) in [6.45, 7) is 7.10. The molecule has 0 aliphatic carbocycles. The summed E-state index contributed by atoms with van der Waals surface area (Å²) in [5, 5.41) is 14.7. The third kappa shape index (κ3) is 6.11. The molecule has 1 aliphatic heterocycles. The van der Waals surface area contributed by atoms with Gasteiger partial charge in [-0.1, -0.05) is 49.2 Å². The monoisotopic (exact) mass is 446 g/mol. The van der Waals surface area contributed by atoms with Crippen molar-refractivity contribution < 1.29 is 4.79 Å². The van der Waals surface area contributed by atoms with Crippen molar-refractivity contribution in [1.82, 2.24) is 30.5 Å². The van der Waals surface area contributed by atoms with Gasteiger partial charge in [0.2, 0.25) is 0 Å². The van der Waals surface area contributed by atoms with Crippen molar-refractivity contribution in [1.29, 1.82) is 0 Å². The number of aromatic amines is 1. The van der Waals surface area contributed by atoms with Crippen molar-refractivity contribution in [3.8, 4) is 11.1 Å². The number of nitrogens with one attached hydrogen (secondary N) is 1. The van der Waals surface area contributed by atoms with Crippen LogP contribution in [-0.4, -0.2) is 49.4 Å². The van der Waals surface area contributed by atoms with Crippen LogP contribution in [0.1, 0.15) is 68.8 Å². The molecule has 3 heterocycles. The van der Waals surface area contributed by atoms with Crippen molar-refractivity contribution in [3.63, 3.8) is 0 Å². The Morgan fingerprint density at radius 2 is 1.85 bits per heavy atom. The van der Waals surface area contributed by atoms with Crippen LogP contribution in [0.2, 0.25) is 0 Å². The fraction of sp³-hybridized carbons (Fsp3) is 0.500. The molecule has 0 bridgehead atoms. The first-order valence-corrected chi connectivity index (χ1v) is 12.1. The minimum absolute atomic E-state index is 0.0819. The summed E-state index contributed by atoms with van der Waals surface area (Å²) in [6, 6.07) is 10.8. The first-order valence-electron chi connectivity index (χ1n) is 12.1. The lowest BCUT2D eigenvalue weighted by Crippen LogP contribution is -2.29. The summed E-state index contributed by atoms with van der Waals surface area (Å²) >= 11 is 0. The van der Waals surface area contributed by atoms with Crippen LogP contribution in [0, 0.1) is 5.92 Å². The molecule has 33 heavy (non-hydrogen) atoms. The highest BCUT2D eigenvalue weighted by atomic mass is 16.1. The SMILES string of the molecule is CCC[C@H](C(C)=O)[C@H](Cc1ccc(-c2cncc(CN3CCCCC3)c2)cc1)c1nn[nH]n1. The standard InChI is InChI=1S/C26H34N6O/c1-3-7-24(19(2)33)25(26-28-30-31-29-26)15-20-8-10-22(11-9-20)23-14-21(16-27-17-23)18-32-12-5-4-6-13-32/h8-11,14,16-17,24-25H,3-7,12-13,15,18H2,1-2H3,(H,28,29,30,31)/t24-,25+/m1/s1. The van der Waals surface area contributed by atoms with E-state index in [0.29, 0.717) is 12.2 Å². The Kier molecular flexibility index (Phi) is 7.94. The van der Waals surface area contributed by atoms with Crippen molar-refractivity contribution in [2.75, 3.05) is 13.1 Å². The van der Waals surface area contributed by atoms with Crippen molar-refractivity contribution in [2.24, 2.45) is 5.92 Å². The molecule has 1 aromatic carbocycles. The number of carbonyl (C=O) groups excluding carboxylic acids is 1. The van der Waals surface area contributed by atoms with Gasteiger partial charge >= 0.3 is 0 Å². The third-order valence-electron chi connectivity index (χ3n) is 6.69. The highest BCUT2D eigenvalue weighted by Gasteiger charge is 2.29. The van der Waals surface area contributed by atoms with E-state index in [-0.39, 0.29) is 17.6 Å². The van der Waals surface area contributed by atoms with E-state index in [4.69, 9.17) is 0 Å². The Morgan fingerprint density at radius 1 is 1.06 bits per heavy atom. The molecule has 1 fully saturated rings. The number of pyridine rings is 1. The predicted molar refractivity (Wildman–Crippen MR) is 129 cm³/mol. The molecule has 4 rings (SSSR count). The van der Waals surface area contributed by atoms with Crippen LogP contribution in [0.3, 0.4) is 0 Å². The Morgan fingerprint density at radius 3 is 2.52 bits per heavy atom.